The molecule has 2 aromatic rings. The van der Waals surface area contributed by atoms with Crippen molar-refractivity contribution in [2.24, 2.45) is 0 Å². The fraction of sp³-hybridized carbons (Fsp3) is 0.250. The first-order valence-corrected chi connectivity index (χ1v) is 9.01. The van der Waals surface area contributed by atoms with Crippen molar-refractivity contribution < 1.29 is 19.1 Å². The Morgan fingerprint density at radius 3 is 2.57 bits per heavy atom. The number of carbonyl (C=O) groups is 2. The van der Waals surface area contributed by atoms with Gasteiger partial charge in [-0.2, -0.15) is 0 Å². The number of aromatic nitrogens is 2. The highest BCUT2D eigenvalue weighted by atomic mass is 16.7. The predicted molar refractivity (Wildman–Crippen MR) is 102 cm³/mol. The molecule has 0 aliphatic carbocycles. The molecule has 8 nitrogen and oxygen atoms in total. The molecular weight excluding hydrogens is 360 g/mol. The summed E-state index contributed by atoms with van der Waals surface area (Å²) in [5.74, 6) is 1.41. The summed E-state index contributed by atoms with van der Waals surface area (Å²) in [4.78, 5) is 31.9. The molecule has 0 saturated carbocycles. The number of hydrogen-bond donors (Lipinski definition) is 0. The van der Waals surface area contributed by atoms with E-state index in [9.17, 15) is 9.59 Å². The molecule has 1 saturated heterocycles. The number of carbonyl (C=O) groups excluding carboxylic acids is 2. The van der Waals surface area contributed by atoms with Crippen molar-refractivity contribution in [2.75, 3.05) is 33.0 Å². The molecule has 8 heteroatoms. The second-order valence-corrected chi connectivity index (χ2v) is 6.40. The lowest BCUT2D eigenvalue weighted by Gasteiger charge is -2.34. The predicted octanol–water partition coefficient (Wildman–Crippen LogP) is 1.99. The molecule has 0 radical (unpaired) electrons. The third-order valence-electron chi connectivity index (χ3n) is 4.62. The highest BCUT2D eigenvalue weighted by Crippen LogP contribution is 2.32. The lowest BCUT2D eigenvalue weighted by Crippen LogP contribution is -2.51. The third-order valence-corrected chi connectivity index (χ3v) is 4.62. The Bertz CT molecular complexity index is 912. The van der Waals surface area contributed by atoms with Gasteiger partial charge >= 0.3 is 6.03 Å². The molecule has 0 spiro atoms. The Hall–Kier alpha value is -3.55. The molecule has 1 fully saturated rings. The number of benzene rings is 1. The number of allylic oxidation sites excluding steroid dienone is 2. The van der Waals surface area contributed by atoms with E-state index in [4.69, 9.17) is 9.47 Å². The molecular formula is C20H20N4O4. The number of fused-ring (bicyclic) bond motifs is 1. The summed E-state index contributed by atoms with van der Waals surface area (Å²) in [6, 6.07) is 5.56. The third kappa shape index (κ3) is 3.90. The Labute approximate surface area is 162 Å². The fourth-order valence-electron chi connectivity index (χ4n) is 3.08. The number of amides is 2. The van der Waals surface area contributed by atoms with Crippen LogP contribution >= 0.6 is 0 Å². The number of piperazine rings is 1. The van der Waals surface area contributed by atoms with Gasteiger partial charge in [0.15, 0.2) is 11.5 Å². The van der Waals surface area contributed by atoms with Crippen molar-refractivity contribution in [3.63, 3.8) is 0 Å². The van der Waals surface area contributed by atoms with E-state index in [1.807, 2.05) is 30.4 Å². The van der Waals surface area contributed by atoms with E-state index >= 15 is 0 Å². The largest absolute Gasteiger partial charge is 0.454 e. The lowest BCUT2D eigenvalue weighted by molar-refractivity contribution is -0.127. The van der Waals surface area contributed by atoms with E-state index in [0.717, 1.165) is 17.1 Å². The molecule has 0 unspecified atom stereocenters. The SMILES string of the molecule is O=C(/C=C/C=C/c1ccc2c(c1)OCO2)N1CCN(C(=O)n2ccnc2)CC1. The van der Waals surface area contributed by atoms with E-state index in [1.54, 1.807) is 28.3 Å². The maximum absolute atomic E-state index is 12.3. The normalized spacial score (nSPS) is 16.3. The quantitative estimate of drug-likeness (QED) is 0.601. The van der Waals surface area contributed by atoms with Crippen LogP contribution in [0, 0.1) is 0 Å². The number of rotatable bonds is 3. The van der Waals surface area contributed by atoms with Gasteiger partial charge in [-0.3, -0.25) is 9.36 Å². The standard InChI is InChI=1S/C20H20N4O4/c25-19(4-2-1-3-16-5-6-17-18(13-16)28-15-27-17)22-9-11-23(12-10-22)20(26)24-8-7-21-14-24/h1-8,13-14H,9-12,15H2/b3-1+,4-2+. The summed E-state index contributed by atoms with van der Waals surface area (Å²) in [6.07, 6.45) is 11.6. The van der Waals surface area contributed by atoms with E-state index in [-0.39, 0.29) is 18.7 Å². The van der Waals surface area contributed by atoms with E-state index < -0.39 is 0 Å². The molecule has 4 rings (SSSR count). The lowest BCUT2D eigenvalue weighted by atomic mass is 10.2. The van der Waals surface area contributed by atoms with E-state index in [0.29, 0.717) is 26.2 Å². The van der Waals surface area contributed by atoms with Gasteiger partial charge in [0.1, 0.15) is 6.33 Å². The van der Waals surface area contributed by atoms with Gasteiger partial charge in [-0.1, -0.05) is 24.3 Å². The minimum absolute atomic E-state index is 0.0648. The zero-order valence-corrected chi connectivity index (χ0v) is 15.2. The van der Waals surface area contributed by atoms with Crippen molar-refractivity contribution in [3.05, 3.63) is 60.7 Å². The molecule has 0 bridgehead atoms. The van der Waals surface area contributed by atoms with Gasteiger partial charge < -0.3 is 19.3 Å². The van der Waals surface area contributed by atoms with Crippen LogP contribution in [0.1, 0.15) is 5.56 Å². The van der Waals surface area contributed by atoms with Crippen LogP contribution in [0.25, 0.3) is 6.08 Å². The highest BCUT2D eigenvalue weighted by Gasteiger charge is 2.23. The maximum atomic E-state index is 12.3. The van der Waals surface area contributed by atoms with Gasteiger partial charge in [-0.05, 0) is 17.7 Å². The smallest absolute Gasteiger partial charge is 0.329 e. The Kier molecular flexibility index (Phi) is 5.09. The van der Waals surface area contributed by atoms with Crippen molar-refractivity contribution in [3.8, 4) is 11.5 Å². The van der Waals surface area contributed by atoms with Crippen molar-refractivity contribution >= 4 is 18.0 Å². The zero-order chi connectivity index (χ0) is 19.3. The maximum Gasteiger partial charge on any atom is 0.329 e. The molecule has 0 atom stereocenters. The first kappa shape index (κ1) is 17.8. The summed E-state index contributed by atoms with van der Waals surface area (Å²) in [5.41, 5.74) is 0.966. The van der Waals surface area contributed by atoms with E-state index in [2.05, 4.69) is 4.98 Å². The molecule has 1 aromatic carbocycles. The van der Waals surface area contributed by atoms with Crippen LogP contribution in [-0.2, 0) is 4.79 Å². The molecule has 28 heavy (non-hydrogen) atoms. The van der Waals surface area contributed by atoms with Crippen LogP contribution in [0.4, 0.5) is 4.79 Å². The molecule has 3 heterocycles. The molecule has 2 aliphatic rings. The van der Waals surface area contributed by atoms with E-state index in [1.165, 1.54) is 17.0 Å². The summed E-state index contributed by atoms with van der Waals surface area (Å²) in [5, 5.41) is 0. The zero-order valence-electron chi connectivity index (χ0n) is 15.2. The molecule has 2 aliphatic heterocycles. The summed E-state index contributed by atoms with van der Waals surface area (Å²) >= 11 is 0. The van der Waals surface area contributed by atoms with Gasteiger partial charge in [0, 0.05) is 44.6 Å². The molecule has 1 aromatic heterocycles. The monoisotopic (exact) mass is 380 g/mol. The Morgan fingerprint density at radius 2 is 1.79 bits per heavy atom. The average molecular weight is 380 g/mol. The van der Waals surface area contributed by atoms with Crippen LogP contribution in [-0.4, -0.2) is 64.3 Å². The van der Waals surface area contributed by atoms with Crippen LogP contribution < -0.4 is 9.47 Å². The molecule has 0 N–H and O–H groups in total. The fourth-order valence-corrected chi connectivity index (χ4v) is 3.08. The summed E-state index contributed by atoms with van der Waals surface area (Å²) < 4.78 is 12.1. The van der Waals surface area contributed by atoms with Crippen LogP contribution in [0.3, 0.4) is 0 Å². The Morgan fingerprint density at radius 1 is 1.00 bits per heavy atom. The highest BCUT2D eigenvalue weighted by molar-refractivity contribution is 5.88. The Balaban J connectivity index is 1.27. The van der Waals surface area contributed by atoms with Crippen molar-refractivity contribution in [1.82, 2.24) is 19.4 Å². The van der Waals surface area contributed by atoms with Crippen LogP contribution in [0.5, 0.6) is 11.5 Å². The topological polar surface area (TPSA) is 76.9 Å². The molecule has 2 amide bonds. The number of hydrogen-bond acceptors (Lipinski definition) is 5. The van der Waals surface area contributed by atoms with Gasteiger partial charge in [-0.15, -0.1) is 0 Å². The first-order valence-electron chi connectivity index (χ1n) is 9.01. The average Bonchev–Trinajstić information content (AvgIpc) is 3.42. The van der Waals surface area contributed by atoms with Crippen LogP contribution in [0.2, 0.25) is 0 Å². The van der Waals surface area contributed by atoms with Crippen molar-refractivity contribution in [1.29, 1.82) is 0 Å². The van der Waals surface area contributed by atoms with Gasteiger partial charge in [0.05, 0.1) is 0 Å². The summed E-state index contributed by atoms with van der Waals surface area (Å²) in [7, 11) is 0. The number of imidazole rings is 1. The minimum atomic E-state index is -0.119. The summed E-state index contributed by atoms with van der Waals surface area (Å²) in [6.45, 7) is 2.27. The van der Waals surface area contributed by atoms with Gasteiger partial charge in [0.2, 0.25) is 12.7 Å². The molecule has 144 valence electrons. The second-order valence-electron chi connectivity index (χ2n) is 6.40. The second kappa shape index (κ2) is 7.99. The minimum Gasteiger partial charge on any atom is -0.454 e. The number of nitrogens with zero attached hydrogens (tertiary/aromatic N) is 4. The van der Waals surface area contributed by atoms with Gasteiger partial charge in [0.25, 0.3) is 0 Å². The first-order chi connectivity index (χ1) is 13.7. The number of ether oxygens (including phenoxy) is 2. The van der Waals surface area contributed by atoms with Crippen molar-refractivity contribution in [2.45, 2.75) is 0 Å². The van der Waals surface area contributed by atoms with Gasteiger partial charge in [-0.25, -0.2) is 9.78 Å². The van der Waals surface area contributed by atoms with Crippen LogP contribution in [0.15, 0.2) is 55.1 Å².